The molecule has 0 radical (unpaired) electrons. The second-order valence-electron chi connectivity index (χ2n) is 6.91. The van der Waals surface area contributed by atoms with Gasteiger partial charge in [-0.05, 0) is 54.7 Å². The van der Waals surface area contributed by atoms with E-state index >= 15 is 0 Å². The lowest BCUT2D eigenvalue weighted by molar-refractivity contribution is 0.169. The lowest BCUT2D eigenvalue weighted by Gasteiger charge is -2.21. The van der Waals surface area contributed by atoms with Crippen molar-refractivity contribution in [1.29, 1.82) is 0 Å². The van der Waals surface area contributed by atoms with Crippen LogP contribution in [0.1, 0.15) is 31.4 Å². The second kappa shape index (κ2) is 10.6. The van der Waals surface area contributed by atoms with Gasteiger partial charge in [-0.15, -0.1) is 0 Å². The molecule has 27 heavy (non-hydrogen) atoms. The summed E-state index contributed by atoms with van der Waals surface area (Å²) in [6, 6.07) is 15.3. The number of phenols is 1. The van der Waals surface area contributed by atoms with Crippen LogP contribution in [0, 0.1) is 0 Å². The average Bonchev–Trinajstić information content (AvgIpc) is 2.66. The molecule has 2 aromatic carbocycles. The molecule has 3 unspecified atom stereocenters. The van der Waals surface area contributed by atoms with E-state index < -0.39 is 17.3 Å². The van der Waals surface area contributed by atoms with E-state index in [1.54, 1.807) is 12.1 Å². The number of phenolic OH excluding ortho intramolecular Hbond substituents is 1. The fourth-order valence-electron chi connectivity index (χ4n) is 2.95. The van der Waals surface area contributed by atoms with E-state index in [0.717, 1.165) is 19.4 Å². The number of rotatable bonds is 10. The van der Waals surface area contributed by atoms with E-state index in [1.807, 2.05) is 18.2 Å². The molecule has 0 amide bonds. The normalized spacial score (nSPS) is 14.6. The van der Waals surface area contributed by atoms with Crippen LogP contribution in [0.25, 0.3) is 0 Å². The van der Waals surface area contributed by atoms with Gasteiger partial charge in [0.1, 0.15) is 6.26 Å². The number of aliphatic hydroxyl groups excluding tert-OH is 1. The Balaban J connectivity index is 1.75. The zero-order valence-corrected chi connectivity index (χ0v) is 17.1. The van der Waals surface area contributed by atoms with Crippen molar-refractivity contribution in [3.05, 3.63) is 54.1 Å². The summed E-state index contributed by atoms with van der Waals surface area (Å²) in [7, 11) is 2.09. The third-order valence-electron chi connectivity index (χ3n) is 4.67. The van der Waals surface area contributed by atoms with Crippen LogP contribution in [0.4, 0.5) is 5.69 Å². The Kier molecular flexibility index (Phi) is 8.44. The first-order chi connectivity index (χ1) is 12.9. The number of nitrogens with zero attached hydrogens (tertiary/aromatic N) is 1. The molecule has 0 aliphatic carbocycles. The molecule has 3 atom stereocenters. The minimum absolute atomic E-state index is 0.00403. The van der Waals surface area contributed by atoms with Gasteiger partial charge in [0.2, 0.25) is 0 Å². The van der Waals surface area contributed by atoms with E-state index in [1.165, 1.54) is 18.0 Å². The Morgan fingerprint density at radius 1 is 1.19 bits per heavy atom. The summed E-state index contributed by atoms with van der Waals surface area (Å²) in [4.78, 5) is 2.59. The number of anilines is 1. The smallest absolute Gasteiger partial charge is 0.194 e. The third kappa shape index (κ3) is 6.74. The van der Waals surface area contributed by atoms with Crippen LogP contribution < -0.4 is 10.2 Å². The van der Waals surface area contributed by atoms with E-state index in [2.05, 4.69) is 36.3 Å². The predicted octanol–water partition coefficient (Wildman–Crippen LogP) is 3.06. The highest BCUT2D eigenvalue weighted by Crippen LogP contribution is 2.26. The molecule has 0 bridgehead atoms. The molecule has 3 N–H and O–H groups in total. The largest absolute Gasteiger partial charge is 0.612 e. The predicted molar refractivity (Wildman–Crippen MR) is 112 cm³/mol. The average molecular weight is 391 g/mol. The fraction of sp³-hybridized carbons (Fsp3) is 0.429. The van der Waals surface area contributed by atoms with Gasteiger partial charge in [-0.1, -0.05) is 24.3 Å². The van der Waals surface area contributed by atoms with Crippen molar-refractivity contribution in [2.24, 2.45) is 0 Å². The van der Waals surface area contributed by atoms with Crippen molar-refractivity contribution >= 4 is 16.9 Å². The Bertz CT molecular complexity index is 697. The lowest BCUT2D eigenvalue weighted by atomic mass is 10.1. The first kappa shape index (κ1) is 21.6. The zero-order valence-electron chi connectivity index (χ0n) is 16.3. The van der Waals surface area contributed by atoms with Gasteiger partial charge in [0.25, 0.3) is 0 Å². The Hall–Kier alpha value is -1.73. The maximum absolute atomic E-state index is 11.6. The monoisotopic (exact) mass is 390 g/mol. The van der Waals surface area contributed by atoms with Crippen molar-refractivity contribution in [3.63, 3.8) is 0 Å². The SMILES string of the molecule is CC(CCCN(C)c1ccccc1)NCC(O)c1ccc(O)c([S+](C)[O-])c1. The van der Waals surface area contributed by atoms with E-state index in [0.29, 0.717) is 17.0 Å². The molecule has 0 spiro atoms. The molecule has 0 fully saturated rings. The minimum Gasteiger partial charge on any atom is -0.612 e. The number of hydrogen-bond acceptors (Lipinski definition) is 5. The van der Waals surface area contributed by atoms with Gasteiger partial charge in [0.15, 0.2) is 10.6 Å². The van der Waals surface area contributed by atoms with Gasteiger partial charge in [0, 0.05) is 37.9 Å². The van der Waals surface area contributed by atoms with E-state index in [-0.39, 0.29) is 11.8 Å². The maximum atomic E-state index is 11.6. The van der Waals surface area contributed by atoms with Crippen molar-refractivity contribution < 1.29 is 14.8 Å². The highest BCUT2D eigenvalue weighted by molar-refractivity contribution is 7.90. The van der Waals surface area contributed by atoms with Crippen molar-refractivity contribution in [1.82, 2.24) is 5.32 Å². The summed E-state index contributed by atoms with van der Waals surface area (Å²) in [5.74, 6) is -0.00403. The molecule has 2 rings (SSSR count). The van der Waals surface area contributed by atoms with Crippen LogP contribution in [0.2, 0.25) is 0 Å². The number of para-hydroxylation sites is 1. The summed E-state index contributed by atoms with van der Waals surface area (Å²) in [6.07, 6.45) is 2.86. The minimum atomic E-state index is -1.29. The zero-order chi connectivity index (χ0) is 19.8. The van der Waals surface area contributed by atoms with Crippen LogP contribution in [0.3, 0.4) is 0 Å². The Morgan fingerprint density at radius 2 is 1.89 bits per heavy atom. The molecule has 0 heterocycles. The fourth-order valence-corrected chi connectivity index (χ4v) is 3.61. The first-order valence-corrected chi connectivity index (χ1v) is 10.8. The van der Waals surface area contributed by atoms with Crippen LogP contribution in [0.15, 0.2) is 53.4 Å². The Labute approximate surface area is 165 Å². The summed E-state index contributed by atoms with van der Waals surface area (Å²) in [5.41, 5.74) is 1.87. The van der Waals surface area contributed by atoms with Crippen molar-refractivity contribution in [2.75, 3.05) is 31.3 Å². The van der Waals surface area contributed by atoms with Crippen molar-refractivity contribution in [2.45, 2.75) is 36.8 Å². The van der Waals surface area contributed by atoms with Crippen LogP contribution in [-0.4, -0.2) is 47.2 Å². The van der Waals surface area contributed by atoms with Gasteiger partial charge in [0.05, 0.1) is 6.10 Å². The number of aliphatic hydroxyl groups is 1. The van der Waals surface area contributed by atoms with Crippen LogP contribution >= 0.6 is 0 Å². The maximum Gasteiger partial charge on any atom is 0.194 e. The number of aromatic hydroxyl groups is 1. The summed E-state index contributed by atoms with van der Waals surface area (Å²) in [6.45, 7) is 3.50. The summed E-state index contributed by atoms with van der Waals surface area (Å²) < 4.78 is 11.6. The van der Waals surface area contributed by atoms with Gasteiger partial charge >= 0.3 is 0 Å². The lowest BCUT2D eigenvalue weighted by Crippen LogP contribution is -2.31. The topological polar surface area (TPSA) is 78.8 Å². The van der Waals surface area contributed by atoms with E-state index in [4.69, 9.17) is 0 Å². The molecule has 0 aliphatic rings. The Morgan fingerprint density at radius 3 is 2.56 bits per heavy atom. The molecule has 0 saturated carbocycles. The van der Waals surface area contributed by atoms with Crippen LogP contribution in [-0.2, 0) is 11.2 Å². The highest BCUT2D eigenvalue weighted by atomic mass is 32.2. The van der Waals surface area contributed by atoms with Crippen LogP contribution in [0.5, 0.6) is 5.75 Å². The third-order valence-corrected chi connectivity index (χ3v) is 5.61. The quantitative estimate of drug-likeness (QED) is 0.544. The molecular formula is C21H30N2O3S. The molecule has 0 aromatic heterocycles. The summed E-state index contributed by atoms with van der Waals surface area (Å²) >= 11 is -1.29. The van der Waals surface area contributed by atoms with E-state index in [9.17, 15) is 14.8 Å². The number of nitrogens with one attached hydrogen (secondary N) is 1. The summed E-state index contributed by atoms with van der Waals surface area (Å²) in [5, 5.41) is 23.5. The molecule has 148 valence electrons. The second-order valence-corrected chi connectivity index (χ2v) is 8.25. The molecule has 6 heteroatoms. The highest BCUT2D eigenvalue weighted by Gasteiger charge is 2.16. The number of benzene rings is 2. The van der Waals surface area contributed by atoms with Gasteiger partial charge in [-0.25, -0.2) is 0 Å². The molecule has 2 aromatic rings. The molecule has 0 saturated heterocycles. The van der Waals surface area contributed by atoms with Gasteiger partial charge < -0.3 is 25.0 Å². The standard InChI is InChI=1S/C21H30N2O3S/c1-16(8-7-13-23(2)18-9-5-4-6-10-18)22-15-20(25)17-11-12-19(24)21(14-17)27(3)26/h4-6,9-12,14,16,20,22,24-25H,7-8,13,15H2,1-3H3. The number of hydrogen-bond donors (Lipinski definition) is 3. The molecule has 5 nitrogen and oxygen atoms in total. The van der Waals surface area contributed by atoms with Crippen molar-refractivity contribution in [3.8, 4) is 5.75 Å². The molecule has 0 aliphatic heterocycles. The van der Waals surface area contributed by atoms with Gasteiger partial charge in [-0.2, -0.15) is 0 Å². The van der Waals surface area contributed by atoms with Gasteiger partial charge in [-0.3, -0.25) is 0 Å². The first-order valence-electron chi connectivity index (χ1n) is 9.22. The molecular weight excluding hydrogens is 360 g/mol.